The van der Waals surface area contributed by atoms with Gasteiger partial charge < -0.3 is 14.4 Å². The second-order valence-electron chi connectivity index (χ2n) is 6.04. The third-order valence-corrected chi connectivity index (χ3v) is 3.44. The lowest BCUT2D eigenvalue weighted by atomic mass is 10.1. The van der Waals surface area contributed by atoms with Crippen LogP contribution in [0.4, 0.5) is 4.79 Å². The number of carbonyl (C=O) groups excluding carboxylic acids is 1. The molecular weight excluding hydrogens is 322 g/mol. The molecule has 0 unspecified atom stereocenters. The van der Waals surface area contributed by atoms with Crippen molar-refractivity contribution >= 4 is 22.0 Å². The monoisotopic (exact) mass is 341 g/mol. The highest BCUT2D eigenvalue weighted by atomic mass is 79.9. The molecule has 1 amide bonds. The lowest BCUT2D eigenvalue weighted by Crippen LogP contribution is -2.57. The van der Waals surface area contributed by atoms with Crippen molar-refractivity contribution < 1.29 is 14.3 Å². The summed E-state index contributed by atoms with van der Waals surface area (Å²) in [5.74, 6) is 0.855. The number of hydrogen-bond donors (Lipinski definition) is 0. The summed E-state index contributed by atoms with van der Waals surface area (Å²) >= 11 is 3.43. The summed E-state index contributed by atoms with van der Waals surface area (Å²) in [6.07, 6.45) is -0.237. The van der Waals surface area contributed by atoms with E-state index in [1.165, 1.54) is 0 Å². The van der Waals surface area contributed by atoms with Gasteiger partial charge in [-0.3, -0.25) is 0 Å². The van der Waals surface area contributed by atoms with Gasteiger partial charge in [0.1, 0.15) is 17.5 Å². The topological polar surface area (TPSA) is 38.8 Å². The number of benzene rings is 1. The van der Waals surface area contributed by atoms with Crippen molar-refractivity contribution in [1.29, 1.82) is 0 Å². The number of ether oxygens (including phenoxy) is 2. The van der Waals surface area contributed by atoms with Crippen LogP contribution in [-0.2, 0) is 4.74 Å². The summed E-state index contributed by atoms with van der Waals surface area (Å²) in [5.41, 5.74) is 0.633. The van der Waals surface area contributed by atoms with E-state index in [0.29, 0.717) is 13.1 Å². The third kappa shape index (κ3) is 3.88. The number of aryl methyl sites for hydroxylation is 1. The fourth-order valence-corrected chi connectivity index (χ4v) is 2.21. The van der Waals surface area contributed by atoms with Crippen molar-refractivity contribution in [3.63, 3.8) is 0 Å². The van der Waals surface area contributed by atoms with E-state index < -0.39 is 5.60 Å². The molecular formula is C15H20BrNO3. The van der Waals surface area contributed by atoms with E-state index in [4.69, 9.17) is 9.47 Å². The molecule has 0 bridgehead atoms. The number of nitrogens with zero attached hydrogens (tertiary/aromatic N) is 1. The number of hydrogen-bond acceptors (Lipinski definition) is 3. The lowest BCUT2D eigenvalue weighted by molar-refractivity contribution is -0.0222. The van der Waals surface area contributed by atoms with Gasteiger partial charge in [-0.25, -0.2) is 4.79 Å². The molecule has 110 valence electrons. The zero-order chi connectivity index (χ0) is 14.9. The van der Waals surface area contributed by atoms with E-state index in [1.54, 1.807) is 4.90 Å². The molecule has 2 rings (SSSR count). The van der Waals surface area contributed by atoms with E-state index >= 15 is 0 Å². The molecule has 0 radical (unpaired) electrons. The van der Waals surface area contributed by atoms with Gasteiger partial charge in [-0.2, -0.15) is 0 Å². The van der Waals surface area contributed by atoms with Crippen LogP contribution in [0.3, 0.4) is 0 Å². The van der Waals surface area contributed by atoms with Crippen molar-refractivity contribution in [2.75, 3.05) is 13.1 Å². The summed E-state index contributed by atoms with van der Waals surface area (Å²) in [6, 6.07) is 5.94. The first-order valence-corrected chi connectivity index (χ1v) is 7.44. The van der Waals surface area contributed by atoms with Crippen LogP contribution in [0.2, 0.25) is 0 Å². The van der Waals surface area contributed by atoms with Crippen LogP contribution >= 0.6 is 15.9 Å². The van der Waals surface area contributed by atoms with Crippen LogP contribution in [0.5, 0.6) is 5.75 Å². The predicted molar refractivity (Wildman–Crippen MR) is 81.1 cm³/mol. The summed E-state index contributed by atoms with van der Waals surface area (Å²) in [7, 11) is 0. The molecule has 0 aromatic heterocycles. The van der Waals surface area contributed by atoms with Gasteiger partial charge in [0.05, 0.1) is 13.1 Å². The van der Waals surface area contributed by atoms with Gasteiger partial charge >= 0.3 is 6.09 Å². The first-order valence-electron chi connectivity index (χ1n) is 6.65. The van der Waals surface area contributed by atoms with E-state index in [-0.39, 0.29) is 12.2 Å². The molecule has 5 heteroatoms. The minimum atomic E-state index is -0.454. The number of carbonyl (C=O) groups is 1. The molecule has 20 heavy (non-hydrogen) atoms. The van der Waals surface area contributed by atoms with Crippen LogP contribution < -0.4 is 4.74 Å². The molecule has 1 aliphatic heterocycles. The van der Waals surface area contributed by atoms with E-state index in [1.807, 2.05) is 45.9 Å². The average Bonchev–Trinajstić information content (AvgIpc) is 2.24. The molecule has 4 nitrogen and oxygen atoms in total. The van der Waals surface area contributed by atoms with E-state index in [9.17, 15) is 4.79 Å². The number of halogens is 1. The Labute approximate surface area is 128 Å². The minimum absolute atomic E-state index is 0.0375. The van der Waals surface area contributed by atoms with Gasteiger partial charge in [0.25, 0.3) is 0 Å². The second-order valence-corrected chi connectivity index (χ2v) is 6.95. The molecule has 1 aromatic carbocycles. The van der Waals surface area contributed by atoms with Crippen molar-refractivity contribution in [2.24, 2.45) is 0 Å². The molecule has 1 aromatic rings. The van der Waals surface area contributed by atoms with Gasteiger partial charge in [0.15, 0.2) is 0 Å². The maximum absolute atomic E-state index is 11.8. The molecule has 0 spiro atoms. The smallest absolute Gasteiger partial charge is 0.410 e. The zero-order valence-electron chi connectivity index (χ0n) is 12.3. The van der Waals surface area contributed by atoms with Crippen molar-refractivity contribution in [3.8, 4) is 5.75 Å². The highest BCUT2D eigenvalue weighted by Crippen LogP contribution is 2.26. The molecule has 0 saturated carbocycles. The summed E-state index contributed by atoms with van der Waals surface area (Å²) in [5, 5.41) is 0. The molecule has 0 N–H and O–H groups in total. The highest BCUT2D eigenvalue weighted by molar-refractivity contribution is 9.10. The van der Waals surface area contributed by atoms with Gasteiger partial charge in [-0.15, -0.1) is 0 Å². The molecule has 1 saturated heterocycles. The Morgan fingerprint density at radius 1 is 1.35 bits per heavy atom. The average molecular weight is 342 g/mol. The maximum atomic E-state index is 11.8. The Morgan fingerprint density at radius 2 is 2.00 bits per heavy atom. The van der Waals surface area contributed by atoms with Crippen molar-refractivity contribution in [1.82, 2.24) is 4.90 Å². The number of amides is 1. The molecule has 1 heterocycles. The SMILES string of the molecule is Cc1ccc(Br)cc1OC1CN(C(=O)OC(C)(C)C)C1. The summed E-state index contributed by atoms with van der Waals surface area (Å²) in [4.78, 5) is 13.5. The Kier molecular flexibility index (Phi) is 4.28. The third-order valence-electron chi connectivity index (χ3n) is 2.94. The van der Waals surface area contributed by atoms with Gasteiger partial charge in [0, 0.05) is 4.47 Å². The highest BCUT2D eigenvalue weighted by Gasteiger charge is 2.35. The zero-order valence-corrected chi connectivity index (χ0v) is 13.9. The Hall–Kier alpha value is -1.23. The van der Waals surface area contributed by atoms with Crippen molar-refractivity contribution in [3.05, 3.63) is 28.2 Å². The predicted octanol–water partition coefficient (Wildman–Crippen LogP) is 3.76. The largest absolute Gasteiger partial charge is 0.486 e. The Balaban J connectivity index is 1.85. The fraction of sp³-hybridized carbons (Fsp3) is 0.533. The number of likely N-dealkylation sites (tertiary alicyclic amines) is 1. The lowest BCUT2D eigenvalue weighted by Gasteiger charge is -2.39. The van der Waals surface area contributed by atoms with Gasteiger partial charge in [0.2, 0.25) is 0 Å². The maximum Gasteiger partial charge on any atom is 0.410 e. The van der Waals surface area contributed by atoms with E-state index in [2.05, 4.69) is 15.9 Å². The van der Waals surface area contributed by atoms with E-state index in [0.717, 1.165) is 15.8 Å². The molecule has 0 aliphatic carbocycles. The van der Waals surface area contributed by atoms with Crippen LogP contribution in [0.15, 0.2) is 22.7 Å². The first kappa shape index (κ1) is 15.2. The Morgan fingerprint density at radius 3 is 2.60 bits per heavy atom. The van der Waals surface area contributed by atoms with Crippen LogP contribution in [0, 0.1) is 6.92 Å². The normalized spacial score (nSPS) is 15.8. The molecule has 1 aliphatic rings. The van der Waals surface area contributed by atoms with Gasteiger partial charge in [-0.05, 0) is 45.4 Å². The minimum Gasteiger partial charge on any atom is -0.486 e. The van der Waals surface area contributed by atoms with Gasteiger partial charge in [-0.1, -0.05) is 22.0 Å². The summed E-state index contributed by atoms with van der Waals surface area (Å²) in [6.45, 7) is 8.74. The Bertz CT molecular complexity index is 504. The van der Waals surface area contributed by atoms with Crippen molar-refractivity contribution in [2.45, 2.75) is 39.4 Å². The van der Waals surface area contributed by atoms with Crippen LogP contribution in [0.1, 0.15) is 26.3 Å². The fourth-order valence-electron chi connectivity index (χ4n) is 1.87. The van der Waals surface area contributed by atoms with Crippen LogP contribution in [0.25, 0.3) is 0 Å². The quantitative estimate of drug-likeness (QED) is 0.822. The number of rotatable bonds is 2. The standard InChI is InChI=1S/C15H20BrNO3/c1-10-5-6-11(16)7-13(10)19-12-8-17(9-12)14(18)20-15(2,3)4/h5-7,12H,8-9H2,1-4H3. The molecule has 0 atom stereocenters. The second kappa shape index (κ2) is 5.64. The summed E-state index contributed by atoms with van der Waals surface area (Å²) < 4.78 is 12.2. The first-order chi connectivity index (χ1) is 9.24. The molecule has 1 fully saturated rings. The van der Waals surface area contributed by atoms with Crippen LogP contribution in [-0.4, -0.2) is 35.8 Å².